The first-order valence-corrected chi connectivity index (χ1v) is 7.31. The first-order valence-electron chi connectivity index (χ1n) is 7.31. The summed E-state index contributed by atoms with van der Waals surface area (Å²) >= 11 is 0. The Kier molecular flexibility index (Phi) is 7.81. The molecule has 0 aliphatic heterocycles. The molecule has 0 bridgehead atoms. The van der Waals surface area contributed by atoms with Crippen LogP contribution in [-0.4, -0.2) is 38.2 Å². The number of hydrogen-bond acceptors (Lipinski definition) is 5. The summed E-state index contributed by atoms with van der Waals surface area (Å²) in [5, 5.41) is 2.75. The van der Waals surface area contributed by atoms with E-state index in [1.165, 1.54) is 7.11 Å². The fourth-order valence-electron chi connectivity index (χ4n) is 1.84. The van der Waals surface area contributed by atoms with Gasteiger partial charge in [0.2, 0.25) is 0 Å². The van der Waals surface area contributed by atoms with Crippen LogP contribution in [0.15, 0.2) is 24.3 Å². The Hall–Kier alpha value is -2.24. The van der Waals surface area contributed by atoms with Crippen molar-refractivity contribution in [2.75, 3.05) is 20.3 Å². The van der Waals surface area contributed by atoms with E-state index in [0.717, 1.165) is 0 Å². The molecule has 1 amide bonds. The van der Waals surface area contributed by atoms with Crippen LogP contribution < -0.4 is 14.8 Å². The van der Waals surface area contributed by atoms with Gasteiger partial charge in [-0.1, -0.05) is 19.1 Å². The molecule has 1 atom stereocenters. The second-order valence-electron chi connectivity index (χ2n) is 4.62. The molecule has 1 rings (SSSR count). The van der Waals surface area contributed by atoms with Crippen molar-refractivity contribution in [2.45, 2.75) is 32.7 Å². The van der Waals surface area contributed by atoms with Crippen LogP contribution in [0.4, 0.5) is 0 Å². The number of carbonyl (C=O) groups is 2. The Labute approximate surface area is 130 Å². The fourth-order valence-corrected chi connectivity index (χ4v) is 1.84. The first kappa shape index (κ1) is 17.8. The second-order valence-corrected chi connectivity index (χ2v) is 4.62. The average Bonchev–Trinajstić information content (AvgIpc) is 2.53. The van der Waals surface area contributed by atoms with Crippen LogP contribution in [0.5, 0.6) is 11.5 Å². The lowest BCUT2D eigenvalue weighted by Crippen LogP contribution is -2.39. The van der Waals surface area contributed by atoms with Crippen LogP contribution >= 0.6 is 0 Å². The van der Waals surface area contributed by atoms with Gasteiger partial charge in [-0.05, 0) is 25.5 Å². The SMILES string of the molecule is CCOc1ccccc1OCC(=O)NC(CC)CC(=O)OC. The molecule has 22 heavy (non-hydrogen) atoms. The summed E-state index contributed by atoms with van der Waals surface area (Å²) in [4.78, 5) is 23.1. The minimum atomic E-state index is -0.352. The maximum Gasteiger partial charge on any atom is 0.307 e. The summed E-state index contributed by atoms with van der Waals surface area (Å²) in [7, 11) is 1.32. The van der Waals surface area contributed by atoms with E-state index in [1.54, 1.807) is 12.1 Å². The molecular weight excluding hydrogens is 286 g/mol. The van der Waals surface area contributed by atoms with Crippen molar-refractivity contribution >= 4 is 11.9 Å². The van der Waals surface area contributed by atoms with Gasteiger partial charge in [0, 0.05) is 6.04 Å². The zero-order chi connectivity index (χ0) is 16.4. The van der Waals surface area contributed by atoms with Crippen molar-refractivity contribution in [2.24, 2.45) is 0 Å². The summed E-state index contributed by atoms with van der Waals surface area (Å²) < 4.78 is 15.5. The number of amides is 1. The molecular formula is C16H23NO5. The fraction of sp³-hybridized carbons (Fsp3) is 0.500. The van der Waals surface area contributed by atoms with Gasteiger partial charge in [-0.2, -0.15) is 0 Å². The lowest BCUT2D eigenvalue weighted by atomic mass is 10.1. The van der Waals surface area contributed by atoms with Crippen molar-refractivity contribution < 1.29 is 23.8 Å². The number of nitrogens with one attached hydrogen (secondary N) is 1. The van der Waals surface area contributed by atoms with Crippen molar-refractivity contribution in [3.8, 4) is 11.5 Å². The van der Waals surface area contributed by atoms with Crippen LogP contribution in [0.25, 0.3) is 0 Å². The van der Waals surface area contributed by atoms with Gasteiger partial charge in [0.05, 0.1) is 20.1 Å². The number of carbonyl (C=O) groups excluding carboxylic acids is 2. The molecule has 0 aliphatic rings. The molecule has 1 N–H and O–H groups in total. The highest BCUT2D eigenvalue weighted by atomic mass is 16.5. The zero-order valence-corrected chi connectivity index (χ0v) is 13.3. The molecule has 122 valence electrons. The summed E-state index contributed by atoms with van der Waals surface area (Å²) in [6.45, 7) is 4.15. The van der Waals surface area contributed by atoms with Crippen LogP contribution in [0.3, 0.4) is 0 Å². The number of para-hydroxylation sites is 2. The standard InChI is InChI=1S/C16H23NO5/c1-4-12(10-16(19)20-3)17-15(18)11-22-14-9-7-6-8-13(14)21-5-2/h6-9,12H,4-5,10-11H2,1-3H3,(H,17,18). The van der Waals surface area contributed by atoms with Crippen molar-refractivity contribution in [1.82, 2.24) is 5.32 Å². The van der Waals surface area contributed by atoms with Crippen molar-refractivity contribution in [1.29, 1.82) is 0 Å². The van der Waals surface area contributed by atoms with E-state index >= 15 is 0 Å². The minimum absolute atomic E-state index is 0.137. The third-order valence-corrected chi connectivity index (χ3v) is 3.01. The van der Waals surface area contributed by atoms with Gasteiger partial charge in [-0.25, -0.2) is 0 Å². The zero-order valence-electron chi connectivity index (χ0n) is 13.3. The van der Waals surface area contributed by atoms with Gasteiger partial charge in [0.1, 0.15) is 0 Å². The third-order valence-electron chi connectivity index (χ3n) is 3.01. The van der Waals surface area contributed by atoms with Gasteiger partial charge in [-0.15, -0.1) is 0 Å². The van der Waals surface area contributed by atoms with Gasteiger partial charge in [0.15, 0.2) is 18.1 Å². The molecule has 0 heterocycles. The molecule has 0 radical (unpaired) electrons. The first-order chi connectivity index (χ1) is 10.6. The van der Waals surface area contributed by atoms with Crippen LogP contribution in [-0.2, 0) is 14.3 Å². The van der Waals surface area contributed by atoms with Gasteiger partial charge < -0.3 is 19.5 Å². The molecule has 1 aromatic rings. The van der Waals surface area contributed by atoms with Gasteiger partial charge in [-0.3, -0.25) is 9.59 Å². The highest BCUT2D eigenvalue weighted by Crippen LogP contribution is 2.26. The quantitative estimate of drug-likeness (QED) is 0.706. The molecule has 0 aliphatic carbocycles. The summed E-state index contributed by atoms with van der Waals surface area (Å²) in [5.74, 6) is 0.469. The van der Waals surface area contributed by atoms with Crippen molar-refractivity contribution in [3.05, 3.63) is 24.3 Å². The minimum Gasteiger partial charge on any atom is -0.490 e. The van der Waals surface area contributed by atoms with E-state index in [9.17, 15) is 9.59 Å². The molecule has 0 saturated carbocycles. The Morgan fingerprint density at radius 3 is 2.32 bits per heavy atom. The predicted molar refractivity (Wildman–Crippen MR) is 82.0 cm³/mol. The van der Waals surface area contributed by atoms with E-state index in [2.05, 4.69) is 10.1 Å². The van der Waals surface area contributed by atoms with E-state index < -0.39 is 0 Å². The lowest BCUT2D eigenvalue weighted by molar-refractivity contribution is -0.141. The van der Waals surface area contributed by atoms with Crippen molar-refractivity contribution in [3.63, 3.8) is 0 Å². The average molecular weight is 309 g/mol. The molecule has 0 aromatic heterocycles. The maximum absolute atomic E-state index is 11.9. The van der Waals surface area contributed by atoms with E-state index in [1.807, 2.05) is 26.0 Å². The summed E-state index contributed by atoms with van der Waals surface area (Å²) in [5.41, 5.74) is 0. The second kappa shape index (κ2) is 9.65. The monoisotopic (exact) mass is 309 g/mol. The Morgan fingerprint density at radius 2 is 1.77 bits per heavy atom. The van der Waals surface area contributed by atoms with E-state index in [0.29, 0.717) is 24.5 Å². The molecule has 0 spiro atoms. The number of esters is 1. The van der Waals surface area contributed by atoms with E-state index in [4.69, 9.17) is 9.47 Å². The smallest absolute Gasteiger partial charge is 0.307 e. The third kappa shape index (κ3) is 6.03. The Balaban J connectivity index is 2.50. The van der Waals surface area contributed by atoms with Gasteiger partial charge >= 0.3 is 5.97 Å². The molecule has 1 aromatic carbocycles. The normalized spacial score (nSPS) is 11.4. The molecule has 0 fully saturated rings. The largest absolute Gasteiger partial charge is 0.490 e. The summed E-state index contributed by atoms with van der Waals surface area (Å²) in [6, 6.07) is 6.90. The van der Waals surface area contributed by atoms with Crippen LogP contribution in [0.1, 0.15) is 26.7 Å². The molecule has 0 saturated heterocycles. The number of ether oxygens (including phenoxy) is 3. The Bertz CT molecular complexity index is 489. The Morgan fingerprint density at radius 1 is 1.14 bits per heavy atom. The topological polar surface area (TPSA) is 73.9 Å². The van der Waals surface area contributed by atoms with Gasteiger partial charge in [0.25, 0.3) is 5.91 Å². The highest BCUT2D eigenvalue weighted by molar-refractivity contribution is 5.79. The van der Waals surface area contributed by atoms with E-state index in [-0.39, 0.29) is 30.9 Å². The maximum atomic E-state index is 11.9. The molecule has 1 unspecified atom stereocenters. The lowest BCUT2D eigenvalue weighted by Gasteiger charge is -2.16. The predicted octanol–water partition coefficient (Wildman–Crippen LogP) is 1.92. The molecule has 6 heteroatoms. The molecule has 6 nitrogen and oxygen atoms in total. The number of hydrogen-bond donors (Lipinski definition) is 1. The number of rotatable bonds is 9. The van der Waals surface area contributed by atoms with Crippen LogP contribution in [0.2, 0.25) is 0 Å². The van der Waals surface area contributed by atoms with Crippen LogP contribution in [0, 0.1) is 0 Å². The number of benzene rings is 1. The highest BCUT2D eigenvalue weighted by Gasteiger charge is 2.15. The summed E-state index contributed by atoms with van der Waals surface area (Å²) in [6.07, 6.45) is 0.782. The number of methoxy groups -OCH3 is 1.